The van der Waals surface area contributed by atoms with Crippen molar-refractivity contribution in [2.75, 3.05) is 6.54 Å². The first kappa shape index (κ1) is 1.97. The van der Waals surface area contributed by atoms with Crippen molar-refractivity contribution in [2.45, 2.75) is 0 Å². The Balaban J connectivity index is 2.62. The monoisotopic (exact) mass is 58.1 g/mol. The first-order valence-corrected chi connectivity index (χ1v) is 1.15. The highest BCUT2D eigenvalue weighted by atomic mass is 14.5. The van der Waals surface area contributed by atoms with E-state index in [0.717, 1.165) is 0 Å². The average Bonchev–Trinajstić information content (AvgIpc) is 1.41. The van der Waals surface area contributed by atoms with E-state index in [1.54, 1.807) is 6.08 Å². The highest BCUT2D eigenvalue weighted by Gasteiger charge is 1.43. The van der Waals surface area contributed by atoms with Crippen LogP contribution in [-0.2, 0) is 0 Å². The molecule has 0 aliphatic heterocycles. The van der Waals surface area contributed by atoms with Crippen molar-refractivity contribution in [3.8, 4) is 0 Å². The lowest BCUT2D eigenvalue weighted by Gasteiger charge is -1.61. The van der Waals surface area contributed by atoms with Gasteiger partial charge < -0.3 is 5.73 Å². The number of hydrogen-bond acceptors (Lipinski definition) is 1. The molecule has 2 N–H and O–H groups in total. The summed E-state index contributed by atoms with van der Waals surface area (Å²) in [5.74, 6) is 0. The molecule has 0 radical (unpaired) electrons. The maximum atomic E-state index is 6.34. The van der Waals surface area contributed by atoms with Crippen LogP contribution in [0.15, 0.2) is 12.6 Å². The van der Waals surface area contributed by atoms with E-state index in [9.17, 15) is 0 Å². The molecule has 1 heteroatoms. The van der Waals surface area contributed by atoms with E-state index in [-0.39, 0.29) is 0 Å². The van der Waals surface area contributed by atoms with Crippen LogP contribution in [0.2, 0.25) is 0 Å². The molecule has 1 nitrogen and oxygen atoms in total. The number of nitrogens with two attached hydrogens (primary N) is 1. The second-order valence-corrected chi connectivity index (χ2v) is 0.471. The van der Waals surface area contributed by atoms with Crippen molar-refractivity contribution < 1.29 is 1.37 Å². The first-order valence-electron chi connectivity index (χ1n) is 1.73. The van der Waals surface area contributed by atoms with Gasteiger partial charge in [0.25, 0.3) is 0 Å². The summed E-state index contributed by atoms with van der Waals surface area (Å²) in [6, 6.07) is 0. The second kappa shape index (κ2) is 2.70. The molecule has 0 aromatic rings. The van der Waals surface area contributed by atoms with Crippen molar-refractivity contribution >= 4 is 0 Å². The number of hydrogen-bond donors (Lipinski definition) is 1. The van der Waals surface area contributed by atoms with Crippen LogP contribution in [0.4, 0.5) is 0 Å². The van der Waals surface area contributed by atoms with Crippen molar-refractivity contribution in [3.63, 3.8) is 0 Å². The Labute approximate surface area is 27.5 Å². The highest BCUT2D eigenvalue weighted by molar-refractivity contribution is 4.64. The van der Waals surface area contributed by atoms with Crippen molar-refractivity contribution in [2.24, 2.45) is 5.73 Å². The average molecular weight is 58.1 g/mol. The number of rotatable bonds is 1. The predicted octanol–water partition coefficient (Wildman–Crippen LogP) is 0.131. The van der Waals surface area contributed by atoms with E-state index in [2.05, 4.69) is 0 Å². The Morgan fingerprint density at radius 3 is 3.25 bits per heavy atom. The minimum atomic E-state index is 0.476. The highest BCUT2D eigenvalue weighted by Crippen LogP contribution is 1.40. The Morgan fingerprint density at radius 2 is 3.25 bits per heavy atom. The van der Waals surface area contributed by atoms with Crippen LogP contribution in [0, 0.1) is 0 Å². The fourth-order valence-corrected chi connectivity index (χ4v) is 0. The fourth-order valence-electron chi connectivity index (χ4n) is 0. The summed E-state index contributed by atoms with van der Waals surface area (Å²) in [6.45, 7) is 1.66. The van der Waals surface area contributed by atoms with Gasteiger partial charge in [0.15, 0.2) is 0 Å². The van der Waals surface area contributed by atoms with Crippen molar-refractivity contribution in [1.29, 1.82) is 0 Å². The SMILES string of the molecule is [2H]C=CCN. The molecular formula is C3H7N. The summed E-state index contributed by atoms with van der Waals surface area (Å²) < 4.78 is 6.34. The maximum Gasteiger partial charge on any atom is 0.0535 e. The molecule has 4 heavy (non-hydrogen) atoms. The van der Waals surface area contributed by atoms with Crippen LogP contribution in [0.3, 0.4) is 0 Å². The van der Waals surface area contributed by atoms with Crippen LogP contribution < -0.4 is 5.73 Å². The van der Waals surface area contributed by atoms with Crippen LogP contribution >= 0.6 is 0 Å². The lowest BCUT2D eigenvalue weighted by molar-refractivity contribution is 1.26. The van der Waals surface area contributed by atoms with E-state index in [1.165, 1.54) is 6.55 Å². The van der Waals surface area contributed by atoms with Crippen LogP contribution in [0.1, 0.15) is 1.37 Å². The molecule has 0 amide bonds. The molecule has 0 rings (SSSR count). The summed E-state index contributed by atoms with van der Waals surface area (Å²) in [5.41, 5.74) is 4.93. The molecular weight excluding hydrogens is 50.0 g/mol. The van der Waals surface area contributed by atoms with Gasteiger partial charge in [0.1, 0.15) is 0 Å². The third-order valence-corrected chi connectivity index (χ3v) is 0.136. The van der Waals surface area contributed by atoms with E-state index < -0.39 is 0 Å². The van der Waals surface area contributed by atoms with Crippen molar-refractivity contribution in [1.82, 2.24) is 0 Å². The van der Waals surface area contributed by atoms with Gasteiger partial charge >= 0.3 is 0 Å². The lowest BCUT2D eigenvalue weighted by atomic mass is 10.7. The van der Waals surface area contributed by atoms with Gasteiger partial charge in [-0.25, -0.2) is 0 Å². The molecule has 0 saturated heterocycles. The van der Waals surface area contributed by atoms with Gasteiger partial charge in [-0.3, -0.25) is 0 Å². The molecule has 0 aromatic carbocycles. The molecule has 0 spiro atoms. The summed E-state index contributed by atoms with van der Waals surface area (Å²) in [6.07, 6.45) is 1.57. The summed E-state index contributed by atoms with van der Waals surface area (Å²) >= 11 is 0. The Kier molecular flexibility index (Phi) is 1.33. The molecule has 0 bridgehead atoms. The Morgan fingerprint density at radius 1 is 2.50 bits per heavy atom. The van der Waals surface area contributed by atoms with E-state index in [4.69, 9.17) is 7.10 Å². The van der Waals surface area contributed by atoms with Gasteiger partial charge in [-0.2, -0.15) is 0 Å². The molecule has 24 valence electrons. The normalized spacial score (nSPS) is 12.8. The van der Waals surface area contributed by atoms with Crippen LogP contribution in [0.5, 0.6) is 0 Å². The van der Waals surface area contributed by atoms with Gasteiger partial charge in [0.05, 0.1) is 1.37 Å². The van der Waals surface area contributed by atoms with E-state index >= 15 is 0 Å². The van der Waals surface area contributed by atoms with Gasteiger partial charge in [-0.1, -0.05) is 6.08 Å². The largest absolute Gasteiger partial charge is 0.327 e. The van der Waals surface area contributed by atoms with Gasteiger partial charge in [0, 0.05) is 6.54 Å². The molecule has 0 atom stereocenters. The zero-order chi connectivity index (χ0) is 4.12. The summed E-state index contributed by atoms with van der Waals surface area (Å²) in [4.78, 5) is 0. The molecule has 0 aliphatic rings. The van der Waals surface area contributed by atoms with Gasteiger partial charge in [0.2, 0.25) is 0 Å². The lowest BCUT2D eigenvalue weighted by Crippen LogP contribution is -1.90. The predicted molar refractivity (Wildman–Crippen MR) is 19.3 cm³/mol. The second-order valence-electron chi connectivity index (χ2n) is 0.471. The Bertz CT molecular complexity index is 33.9. The molecule has 0 saturated carbocycles. The summed E-state index contributed by atoms with van der Waals surface area (Å²) in [7, 11) is 0. The van der Waals surface area contributed by atoms with E-state index in [1.807, 2.05) is 0 Å². The maximum absolute atomic E-state index is 6.34. The minimum Gasteiger partial charge on any atom is -0.327 e. The standard InChI is InChI=1S/C3H7N/c1-2-3-4/h2H,1,3-4H2/i1D. The smallest absolute Gasteiger partial charge is 0.0535 e. The first-order chi connectivity index (χ1) is 2.41. The molecule has 0 aliphatic carbocycles. The zero-order valence-electron chi connectivity index (χ0n) is 3.44. The summed E-state index contributed by atoms with van der Waals surface area (Å²) in [5, 5.41) is 0. The van der Waals surface area contributed by atoms with Crippen LogP contribution in [-0.4, -0.2) is 6.54 Å². The minimum absolute atomic E-state index is 0.476. The molecule has 0 fully saturated rings. The molecule has 0 unspecified atom stereocenters. The quantitative estimate of drug-likeness (QED) is 0.426. The fraction of sp³-hybridized carbons (Fsp3) is 0.333. The topological polar surface area (TPSA) is 26.0 Å². The molecule has 0 aromatic heterocycles. The molecule has 0 heterocycles. The van der Waals surface area contributed by atoms with Crippen LogP contribution in [0.25, 0.3) is 0 Å². The van der Waals surface area contributed by atoms with E-state index in [0.29, 0.717) is 6.54 Å². The van der Waals surface area contributed by atoms with Crippen molar-refractivity contribution in [3.05, 3.63) is 12.6 Å². The Hall–Kier alpha value is -0.300. The van der Waals surface area contributed by atoms with Gasteiger partial charge in [-0.05, 0) is 0 Å². The third-order valence-electron chi connectivity index (χ3n) is 0.136. The zero-order valence-corrected chi connectivity index (χ0v) is 2.44. The third kappa shape index (κ3) is 1.70. The van der Waals surface area contributed by atoms with Gasteiger partial charge in [-0.15, -0.1) is 6.55 Å².